The third-order valence-electron chi connectivity index (χ3n) is 18.3. The number of hydrogen-bond acceptors (Lipinski definition) is 11. The molecule has 0 aromatic heterocycles. The normalized spacial score (nSPS) is 18.1. The van der Waals surface area contributed by atoms with Crippen LogP contribution in [0.2, 0.25) is 0 Å². The van der Waals surface area contributed by atoms with E-state index < -0.39 is 65.8 Å². The Hall–Kier alpha value is -3.73. The number of carbonyl (C=O) groups excluding carboxylic acids is 2. The van der Waals surface area contributed by atoms with Gasteiger partial charge in [0.1, 0.15) is 30.5 Å². The summed E-state index contributed by atoms with van der Waals surface area (Å²) in [5.74, 6) is -0.670. The highest BCUT2D eigenvalue weighted by atomic mass is 32.3. The highest BCUT2D eigenvalue weighted by Gasteiger charge is 2.48. The van der Waals surface area contributed by atoms with Crippen molar-refractivity contribution in [3.8, 4) is 0 Å². The first-order valence-electron chi connectivity index (χ1n) is 35.6. The summed E-state index contributed by atoms with van der Waals surface area (Å²) in [7, 11) is -5.15. The van der Waals surface area contributed by atoms with E-state index in [-0.39, 0.29) is 25.4 Å². The number of esters is 1. The number of nitrogens with one attached hydrogen (secondary N) is 1. The van der Waals surface area contributed by atoms with Gasteiger partial charge in [0.15, 0.2) is 6.29 Å². The molecule has 88 heavy (non-hydrogen) atoms. The zero-order valence-corrected chi connectivity index (χ0v) is 55.5. The van der Waals surface area contributed by atoms with Crippen molar-refractivity contribution >= 4 is 54.6 Å². The van der Waals surface area contributed by atoms with Gasteiger partial charge in [0.25, 0.3) is 0 Å². The number of unbranched alkanes of at least 4 members (excludes halogenated alkanes) is 37. The highest BCUT2D eigenvalue weighted by molar-refractivity contribution is 7.80. The van der Waals surface area contributed by atoms with Crippen molar-refractivity contribution < 1.29 is 56.3 Å². The van der Waals surface area contributed by atoms with E-state index in [0.717, 1.165) is 83.5 Å². The van der Waals surface area contributed by atoms with Crippen LogP contribution in [0, 0.1) is 0 Å². The molecule has 5 N–H and O–H groups in total. The summed E-state index contributed by atoms with van der Waals surface area (Å²) < 4.78 is 55.6. The third kappa shape index (κ3) is 29.7. The summed E-state index contributed by atoms with van der Waals surface area (Å²) in [5.41, 5.74) is 1.43. The highest BCUT2D eigenvalue weighted by Crippen LogP contribution is 2.37. The predicted octanol–water partition coefficient (Wildman–Crippen LogP) is 18.1. The van der Waals surface area contributed by atoms with Crippen LogP contribution in [0.5, 0.6) is 0 Å². The van der Waals surface area contributed by atoms with Crippen molar-refractivity contribution in [1.29, 1.82) is 0 Å². The molecule has 2 unspecified atom stereocenters. The summed E-state index contributed by atoms with van der Waals surface area (Å²) >= 11 is 0. The molecule has 14 heteroatoms. The summed E-state index contributed by atoms with van der Waals surface area (Å²) in [6.07, 6.45) is 42.9. The minimum Gasteiger partial charge on any atom is -0.456 e. The molecule has 0 saturated carbocycles. The largest absolute Gasteiger partial charge is 0.456 e. The number of carbonyl (C=O) groups is 2. The van der Waals surface area contributed by atoms with Gasteiger partial charge in [-0.1, -0.05) is 299 Å². The number of hydrogen-bond donors (Lipinski definition) is 5. The zero-order chi connectivity index (χ0) is 62.9. The van der Waals surface area contributed by atoms with Crippen LogP contribution in [0.1, 0.15) is 289 Å². The quantitative estimate of drug-likeness (QED) is 0.00923. The number of allylic oxidation sites excluding steroid dienone is 1. The molecule has 7 atom stereocenters. The summed E-state index contributed by atoms with van der Waals surface area (Å²) in [4.78, 5) is 27.6. The molecule has 1 saturated heterocycles. The number of aryl methyl sites for hydroxylation is 1. The van der Waals surface area contributed by atoms with Crippen molar-refractivity contribution in [3.05, 3.63) is 72.3 Å². The van der Waals surface area contributed by atoms with Gasteiger partial charge in [-0.05, 0) is 82.5 Å². The standard InChI is InChI=1S/C74H119NO12S/c1-3-5-7-9-11-13-15-17-18-19-20-21-22-24-26-30-34-38-42-49-67(77)75-64(58-84-74-72(80)73(87-88(81,82)83)71(79)66(57-76)86-74)65(48-41-37-33-29-25-23-16-14-12-10-8-6-4-2)85-68(78)50-43-39-35-31-27-28-32-36-40-45-59-51-52-62-54-53-60-46-44-47-61-55-56-63(59)70(62)69(60)61/h41,44,46-48,51-56,64-66,71-74,76,79-80H,3-40,42-43,45,49-50,57-58H2,1-2H3,(H,75,77)(H,81,82,83)/b48-41+/t64?,65?,66-,71+,72-,73+,74-/m1/s1. The molecule has 0 spiro atoms. The fourth-order valence-corrected chi connectivity index (χ4v) is 13.5. The van der Waals surface area contributed by atoms with Crippen LogP contribution >= 0.6 is 0 Å². The average Bonchev–Trinajstić information content (AvgIpc) is 1.38. The minimum absolute atomic E-state index is 0.196. The number of ether oxygens (including phenoxy) is 3. The van der Waals surface area contributed by atoms with Gasteiger partial charge >= 0.3 is 16.4 Å². The van der Waals surface area contributed by atoms with Crippen LogP contribution in [0.3, 0.4) is 0 Å². The molecule has 1 aliphatic rings. The lowest BCUT2D eigenvalue weighted by Gasteiger charge is -2.41. The van der Waals surface area contributed by atoms with Gasteiger partial charge in [-0.25, -0.2) is 4.18 Å². The SMILES string of the molecule is CCCCCCCCCCCCC/C=C/C(OC(=O)CCCCCCCCCCCc1ccc2ccc3cccc4ccc1c2c34)C(CO[C@@H]1O[C@H](CO)[C@H](O)[C@H](OS(=O)(=O)O)[C@H]1O)NC(=O)CCCCCCCCCCCCCCCCCCCCC. The fraction of sp³-hybridized carbons (Fsp3) is 0.730. The van der Waals surface area contributed by atoms with Crippen molar-refractivity contribution in [1.82, 2.24) is 5.32 Å². The first-order chi connectivity index (χ1) is 42.9. The number of aliphatic hydroxyl groups is 3. The molecular formula is C74H119NO12S. The van der Waals surface area contributed by atoms with Crippen LogP contribution in [-0.2, 0) is 44.8 Å². The lowest BCUT2D eigenvalue weighted by molar-refractivity contribution is -0.298. The molecule has 1 heterocycles. The molecule has 4 aromatic rings. The van der Waals surface area contributed by atoms with E-state index >= 15 is 0 Å². The molecule has 1 aliphatic heterocycles. The number of amides is 1. The monoisotopic (exact) mass is 1250 g/mol. The first kappa shape index (κ1) is 75.0. The van der Waals surface area contributed by atoms with E-state index in [1.54, 1.807) is 6.08 Å². The maximum Gasteiger partial charge on any atom is 0.397 e. The van der Waals surface area contributed by atoms with Crippen molar-refractivity contribution in [2.75, 3.05) is 13.2 Å². The number of rotatable bonds is 54. The lowest BCUT2D eigenvalue weighted by atomic mass is 9.90. The van der Waals surface area contributed by atoms with Gasteiger partial charge in [0, 0.05) is 12.8 Å². The Morgan fingerprint density at radius 1 is 0.557 bits per heavy atom. The molecule has 1 amide bonds. The van der Waals surface area contributed by atoms with E-state index in [4.69, 9.17) is 14.2 Å². The Morgan fingerprint density at radius 3 is 1.50 bits per heavy atom. The Kier molecular flexibility index (Phi) is 38.8. The van der Waals surface area contributed by atoms with Crippen molar-refractivity contribution in [2.24, 2.45) is 0 Å². The molecule has 0 radical (unpaired) electrons. The molecule has 5 rings (SSSR count). The molecule has 13 nitrogen and oxygen atoms in total. The molecule has 0 aliphatic carbocycles. The Bertz CT molecular complexity index is 2570. The molecule has 4 aromatic carbocycles. The van der Waals surface area contributed by atoms with Gasteiger partial charge in [0.2, 0.25) is 5.91 Å². The van der Waals surface area contributed by atoms with Gasteiger partial charge < -0.3 is 34.8 Å². The number of aliphatic hydroxyl groups excluding tert-OH is 3. The zero-order valence-electron chi connectivity index (χ0n) is 54.7. The van der Waals surface area contributed by atoms with E-state index in [1.807, 2.05) is 6.08 Å². The Balaban J connectivity index is 1.09. The molecule has 1 fully saturated rings. The van der Waals surface area contributed by atoms with Crippen molar-refractivity contribution in [3.63, 3.8) is 0 Å². The van der Waals surface area contributed by atoms with Crippen LogP contribution in [0.4, 0.5) is 0 Å². The summed E-state index contributed by atoms with van der Waals surface area (Å²) in [5, 5.41) is 43.0. The second-order valence-corrected chi connectivity index (χ2v) is 26.8. The van der Waals surface area contributed by atoms with Gasteiger partial charge in [-0.15, -0.1) is 0 Å². The van der Waals surface area contributed by atoms with Gasteiger partial charge in [-0.3, -0.25) is 14.1 Å². The van der Waals surface area contributed by atoms with E-state index in [2.05, 4.69) is 77.9 Å². The second kappa shape index (κ2) is 45.5. The van der Waals surface area contributed by atoms with E-state index in [9.17, 15) is 37.9 Å². The van der Waals surface area contributed by atoms with Crippen LogP contribution < -0.4 is 5.32 Å². The lowest BCUT2D eigenvalue weighted by Crippen LogP contribution is -2.61. The van der Waals surface area contributed by atoms with Crippen LogP contribution in [0.25, 0.3) is 32.3 Å². The molecule has 0 bridgehead atoms. The number of benzene rings is 4. The third-order valence-corrected chi connectivity index (χ3v) is 18.7. The molecule has 498 valence electrons. The maximum absolute atomic E-state index is 13.8. The minimum atomic E-state index is -5.15. The van der Waals surface area contributed by atoms with Crippen LogP contribution in [-0.4, -0.2) is 96.2 Å². The average molecular weight is 1250 g/mol. The van der Waals surface area contributed by atoms with E-state index in [0.29, 0.717) is 12.8 Å². The Morgan fingerprint density at radius 2 is 1.00 bits per heavy atom. The smallest absolute Gasteiger partial charge is 0.397 e. The van der Waals surface area contributed by atoms with Gasteiger partial charge in [0.05, 0.1) is 19.3 Å². The maximum atomic E-state index is 13.8. The Labute approximate surface area is 531 Å². The fourth-order valence-electron chi connectivity index (χ4n) is 13.0. The first-order valence-corrected chi connectivity index (χ1v) is 37.0. The summed E-state index contributed by atoms with van der Waals surface area (Å²) in [6.45, 7) is 3.36. The van der Waals surface area contributed by atoms with Crippen LogP contribution in [0.15, 0.2) is 66.7 Å². The van der Waals surface area contributed by atoms with Gasteiger partial charge in [-0.2, -0.15) is 8.42 Å². The summed E-state index contributed by atoms with van der Waals surface area (Å²) in [6, 6.07) is 19.3. The predicted molar refractivity (Wildman–Crippen MR) is 360 cm³/mol. The van der Waals surface area contributed by atoms with E-state index in [1.165, 1.54) is 205 Å². The second-order valence-electron chi connectivity index (χ2n) is 25.8. The van der Waals surface area contributed by atoms with Crippen molar-refractivity contribution in [2.45, 2.75) is 333 Å². The molecular weight excluding hydrogens is 1130 g/mol. The topological polar surface area (TPSA) is 198 Å².